The van der Waals surface area contributed by atoms with Gasteiger partial charge in [-0.05, 0) is 51.5 Å². The molecule has 1 aliphatic rings. The topological polar surface area (TPSA) is 117 Å². The number of aromatic nitrogens is 4. The van der Waals surface area contributed by atoms with E-state index in [4.69, 9.17) is 19.7 Å². The van der Waals surface area contributed by atoms with E-state index in [-0.39, 0.29) is 6.04 Å². The molecule has 10 nitrogen and oxygen atoms in total. The van der Waals surface area contributed by atoms with Crippen LogP contribution in [0.1, 0.15) is 59.1 Å². The van der Waals surface area contributed by atoms with Crippen molar-refractivity contribution in [2.45, 2.75) is 71.6 Å². The van der Waals surface area contributed by atoms with Crippen LogP contribution in [0.3, 0.4) is 0 Å². The van der Waals surface area contributed by atoms with Crippen LogP contribution in [0.2, 0.25) is 0 Å². The number of thiophene rings is 1. The zero-order valence-corrected chi connectivity index (χ0v) is 23.5. The summed E-state index contributed by atoms with van der Waals surface area (Å²) in [7, 11) is 0. The van der Waals surface area contributed by atoms with Gasteiger partial charge in [-0.2, -0.15) is 15.0 Å². The maximum Gasteiger partial charge on any atom is 0.407 e. The first-order chi connectivity index (χ1) is 17.8. The van der Waals surface area contributed by atoms with Gasteiger partial charge in [0.2, 0.25) is 17.8 Å². The van der Waals surface area contributed by atoms with E-state index in [1.165, 1.54) is 4.88 Å². The lowest BCUT2D eigenvalue weighted by Gasteiger charge is -2.26. The number of amides is 1. The summed E-state index contributed by atoms with van der Waals surface area (Å²) >= 11 is 3.32. The first-order valence-electron chi connectivity index (χ1n) is 12.8. The number of nitrogens with zero attached hydrogens (tertiary/aromatic N) is 5. The smallest absolute Gasteiger partial charge is 0.407 e. The predicted molar refractivity (Wildman–Crippen MR) is 151 cm³/mol. The van der Waals surface area contributed by atoms with Crippen molar-refractivity contribution in [3.05, 3.63) is 28.6 Å². The normalized spacial score (nSPS) is 15.6. The number of hydrogen-bond acceptors (Lipinski definition) is 11. The molecule has 0 bridgehead atoms. The fraction of sp³-hybridized carbons (Fsp3) is 0.560. The summed E-state index contributed by atoms with van der Waals surface area (Å²) in [5.41, 5.74) is 0.409. The van der Waals surface area contributed by atoms with Crippen LogP contribution in [0.4, 0.5) is 22.6 Å². The Hall–Kier alpha value is -2.99. The van der Waals surface area contributed by atoms with Crippen LogP contribution in [0.25, 0.3) is 9.88 Å². The Morgan fingerprint density at radius 2 is 1.97 bits per heavy atom. The molecule has 37 heavy (non-hydrogen) atoms. The van der Waals surface area contributed by atoms with E-state index < -0.39 is 11.7 Å². The van der Waals surface area contributed by atoms with Crippen molar-refractivity contribution in [2.24, 2.45) is 0 Å². The highest BCUT2D eigenvalue weighted by Gasteiger charge is 2.29. The lowest BCUT2D eigenvalue weighted by Crippen LogP contribution is -2.42. The van der Waals surface area contributed by atoms with Gasteiger partial charge in [0.15, 0.2) is 0 Å². The Morgan fingerprint density at radius 3 is 2.70 bits per heavy atom. The lowest BCUT2D eigenvalue weighted by molar-refractivity contribution is 0.0524. The van der Waals surface area contributed by atoms with Gasteiger partial charge in [0.25, 0.3) is 0 Å². The third kappa shape index (κ3) is 8.00. The number of rotatable bonds is 11. The zero-order valence-electron chi connectivity index (χ0n) is 21.9. The summed E-state index contributed by atoms with van der Waals surface area (Å²) in [6.07, 6.45) is 3.63. The quantitative estimate of drug-likeness (QED) is 0.274. The number of thiazole rings is 1. The largest absolute Gasteiger partial charge is 0.444 e. The Morgan fingerprint density at radius 1 is 1.16 bits per heavy atom. The van der Waals surface area contributed by atoms with Crippen LogP contribution in [0.5, 0.6) is 0 Å². The van der Waals surface area contributed by atoms with Crippen molar-refractivity contribution < 1.29 is 9.53 Å². The Balaban J connectivity index is 1.45. The van der Waals surface area contributed by atoms with Crippen LogP contribution in [0, 0.1) is 0 Å². The van der Waals surface area contributed by atoms with E-state index in [0.717, 1.165) is 49.5 Å². The SMILES string of the molecule is CCCCNc1nc(NCc2csc(-c3cccs3)n2)nc(N2CCC[C@@H]2CNC(=O)OC(C)(C)C)n1. The minimum atomic E-state index is -0.533. The fourth-order valence-corrected chi connectivity index (χ4v) is 5.56. The van der Waals surface area contributed by atoms with Gasteiger partial charge in [0.05, 0.1) is 17.1 Å². The molecule has 0 radical (unpaired) electrons. The van der Waals surface area contributed by atoms with Crippen LogP contribution in [-0.2, 0) is 11.3 Å². The van der Waals surface area contributed by atoms with Crippen LogP contribution in [0.15, 0.2) is 22.9 Å². The highest BCUT2D eigenvalue weighted by atomic mass is 32.1. The average molecular weight is 545 g/mol. The maximum atomic E-state index is 12.2. The molecule has 12 heteroatoms. The molecule has 4 rings (SSSR count). The van der Waals surface area contributed by atoms with Gasteiger partial charge in [0.1, 0.15) is 10.6 Å². The summed E-state index contributed by atoms with van der Waals surface area (Å²) in [4.78, 5) is 34.3. The van der Waals surface area contributed by atoms with E-state index in [0.29, 0.717) is 30.9 Å². The first kappa shape index (κ1) is 27.1. The average Bonchev–Trinajstić information content (AvgIpc) is 3.62. The van der Waals surface area contributed by atoms with E-state index in [1.807, 2.05) is 26.8 Å². The Bertz CT molecular complexity index is 1150. The Kier molecular flexibility index (Phi) is 9.14. The number of unbranched alkanes of at least 4 members (excludes halogenated alkanes) is 1. The molecule has 1 amide bonds. The minimum absolute atomic E-state index is 0.0816. The molecule has 1 aliphatic heterocycles. The van der Waals surface area contributed by atoms with Gasteiger partial charge < -0.3 is 25.6 Å². The Labute approximate surface area is 226 Å². The molecule has 1 saturated heterocycles. The number of anilines is 3. The monoisotopic (exact) mass is 544 g/mol. The van der Waals surface area contributed by atoms with Gasteiger partial charge in [0, 0.05) is 31.1 Å². The van der Waals surface area contributed by atoms with Gasteiger partial charge in [-0.1, -0.05) is 19.4 Å². The van der Waals surface area contributed by atoms with Gasteiger partial charge in [-0.3, -0.25) is 0 Å². The fourth-order valence-electron chi connectivity index (χ4n) is 3.93. The minimum Gasteiger partial charge on any atom is -0.444 e. The number of carbonyl (C=O) groups excluding carboxylic acids is 1. The second kappa shape index (κ2) is 12.5. The molecule has 0 aromatic carbocycles. The van der Waals surface area contributed by atoms with Crippen LogP contribution >= 0.6 is 22.7 Å². The van der Waals surface area contributed by atoms with E-state index in [2.05, 4.69) is 49.6 Å². The second-order valence-corrected chi connectivity index (χ2v) is 11.7. The molecule has 0 unspecified atom stereocenters. The first-order valence-corrected chi connectivity index (χ1v) is 14.5. The van der Waals surface area contributed by atoms with Crippen molar-refractivity contribution in [1.29, 1.82) is 0 Å². The van der Waals surface area contributed by atoms with Crippen LogP contribution in [-0.4, -0.2) is 57.3 Å². The van der Waals surface area contributed by atoms with Crippen molar-refractivity contribution in [2.75, 3.05) is 35.2 Å². The number of nitrogens with one attached hydrogen (secondary N) is 3. The maximum absolute atomic E-state index is 12.2. The summed E-state index contributed by atoms with van der Waals surface area (Å²) in [5, 5.41) is 14.7. The molecular weight excluding hydrogens is 508 g/mol. The number of carbonyl (C=O) groups is 1. The number of hydrogen-bond donors (Lipinski definition) is 3. The van der Waals surface area contributed by atoms with E-state index >= 15 is 0 Å². The van der Waals surface area contributed by atoms with Crippen molar-refractivity contribution in [3.63, 3.8) is 0 Å². The van der Waals surface area contributed by atoms with E-state index in [9.17, 15) is 4.79 Å². The second-order valence-electron chi connectivity index (χ2n) is 9.91. The van der Waals surface area contributed by atoms with Gasteiger partial charge >= 0.3 is 6.09 Å². The molecule has 4 heterocycles. The molecule has 1 fully saturated rings. The third-order valence-corrected chi connectivity index (χ3v) is 7.59. The number of alkyl carbamates (subject to hydrolysis) is 1. The molecule has 3 aromatic heterocycles. The van der Waals surface area contributed by atoms with Gasteiger partial charge in [-0.15, -0.1) is 22.7 Å². The molecule has 1 atom stereocenters. The van der Waals surface area contributed by atoms with Crippen molar-refractivity contribution >= 4 is 46.6 Å². The molecule has 3 N–H and O–H groups in total. The van der Waals surface area contributed by atoms with Crippen molar-refractivity contribution in [3.8, 4) is 9.88 Å². The zero-order chi connectivity index (χ0) is 26.3. The van der Waals surface area contributed by atoms with E-state index in [1.54, 1.807) is 22.7 Å². The van der Waals surface area contributed by atoms with Crippen molar-refractivity contribution in [1.82, 2.24) is 25.3 Å². The highest BCUT2D eigenvalue weighted by molar-refractivity contribution is 7.20. The number of ether oxygens (including phenoxy) is 1. The lowest BCUT2D eigenvalue weighted by atomic mass is 10.2. The summed E-state index contributed by atoms with van der Waals surface area (Å²) in [5.74, 6) is 1.65. The van der Waals surface area contributed by atoms with Crippen LogP contribution < -0.4 is 20.9 Å². The molecule has 3 aromatic rings. The summed E-state index contributed by atoms with van der Waals surface area (Å²) in [6.45, 7) is 10.3. The summed E-state index contributed by atoms with van der Waals surface area (Å²) < 4.78 is 5.40. The molecular formula is C25H36N8O2S2. The van der Waals surface area contributed by atoms with Gasteiger partial charge in [-0.25, -0.2) is 9.78 Å². The molecule has 200 valence electrons. The molecule has 0 saturated carbocycles. The predicted octanol–water partition coefficient (Wildman–Crippen LogP) is 5.37. The highest BCUT2D eigenvalue weighted by Crippen LogP contribution is 2.28. The standard InChI is InChI=1S/C25H36N8O2S2/c1-5-6-11-26-21-30-22(27-14-17-16-37-20(29-17)19-10-8-13-36-19)32-23(31-21)33-12-7-9-18(33)15-28-24(34)35-25(2,3)4/h8,10,13,16,18H,5-7,9,11-12,14-15H2,1-4H3,(H,28,34)(H2,26,27,30,31,32)/t18-/m1/s1. The molecule has 0 spiro atoms. The third-order valence-electron chi connectivity index (χ3n) is 5.66. The molecule has 0 aliphatic carbocycles. The summed E-state index contributed by atoms with van der Waals surface area (Å²) in [6, 6.07) is 4.20.